The number of carboxylic acid groups (broad SMARTS) is 1. The molecular formula is C21H15F3O3. The van der Waals surface area contributed by atoms with E-state index in [2.05, 4.69) is 0 Å². The second-order valence-corrected chi connectivity index (χ2v) is 5.87. The number of ether oxygens (including phenoxy) is 1. The molecule has 6 heteroatoms. The Kier molecular flexibility index (Phi) is 5.16. The molecule has 0 atom stereocenters. The van der Waals surface area contributed by atoms with E-state index in [0.717, 1.165) is 23.8 Å². The second-order valence-electron chi connectivity index (χ2n) is 5.87. The molecule has 3 aromatic carbocycles. The van der Waals surface area contributed by atoms with E-state index >= 15 is 0 Å². The molecule has 0 unspecified atom stereocenters. The van der Waals surface area contributed by atoms with E-state index < -0.39 is 17.7 Å². The molecule has 0 amide bonds. The van der Waals surface area contributed by atoms with Crippen LogP contribution in [0.1, 0.15) is 21.5 Å². The molecule has 27 heavy (non-hydrogen) atoms. The molecule has 1 N–H and O–H groups in total. The minimum atomic E-state index is -4.56. The van der Waals surface area contributed by atoms with Crippen LogP contribution in [0.15, 0.2) is 72.8 Å². The van der Waals surface area contributed by atoms with E-state index in [1.54, 1.807) is 18.2 Å². The molecule has 3 nitrogen and oxygen atoms in total. The number of hydrogen-bond acceptors (Lipinski definition) is 2. The zero-order valence-electron chi connectivity index (χ0n) is 14.0. The van der Waals surface area contributed by atoms with E-state index in [1.165, 1.54) is 6.07 Å². The average Bonchev–Trinajstić information content (AvgIpc) is 2.66. The maximum atomic E-state index is 13.0. The second kappa shape index (κ2) is 7.53. The van der Waals surface area contributed by atoms with Gasteiger partial charge in [-0.25, -0.2) is 4.79 Å². The van der Waals surface area contributed by atoms with Gasteiger partial charge in [-0.2, -0.15) is 13.2 Å². The van der Waals surface area contributed by atoms with Gasteiger partial charge in [0, 0.05) is 0 Å². The molecule has 0 aliphatic rings. The van der Waals surface area contributed by atoms with Crippen molar-refractivity contribution >= 4 is 5.97 Å². The minimum absolute atomic E-state index is 0.0116. The van der Waals surface area contributed by atoms with Crippen molar-refractivity contribution in [3.63, 3.8) is 0 Å². The van der Waals surface area contributed by atoms with Crippen molar-refractivity contribution in [2.45, 2.75) is 12.8 Å². The van der Waals surface area contributed by atoms with Crippen molar-refractivity contribution in [3.05, 3.63) is 89.5 Å². The van der Waals surface area contributed by atoms with Crippen molar-refractivity contribution in [2.75, 3.05) is 0 Å². The molecule has 138 valence electrons. The highest BCUT2D eigenvalue weighted by molar-refractivity contribution is 5.96. The Labute approximate surface area is 153 Å². The third kappa shape index (κ3) is 4.47. The van der Waals surface area contributed by atoms with Crippen LogP contribution in [0.2, 0.25) is 0 Å². The zero-order chi connectivity index (χ0) is 19.4. The van der Waals surface area contributed by atoms with E-state index in [-0.39, 0.29) is 11.1 Å². The van der Waals surface area contributed by atoms with E-state index in [4.69, 9.17) is 4.74 Å². The van der Waals surface area contributed by atoms with Crippen molar-refractivity contribution in [2.24, 2.45) is 0 Å². The van der Waals surface area contributed by atoms with Crippen LogP contribution in [0.5, 0.6) is 5.75 Å². The number of halogens is 3. The molecule has 0 aliphatic heterocycles. The molecule has 3 rings (SSSR count). The summed E-state index contributed by atoms with van der Waals surface area (Å²) in [5, 5.41) is 9.33. The van der Waals surface area contributed by atoms with Gasteiger partial charge in [0.1, 0.15) is 12.4 Å². The lowest BCUT2D eigenvalue weighted by Gasteiger charge is -2.13. The van der Waals surface area contributed by atoms with Gasteiger partial charge in [-0.3, -0.25) is 0 Å². The maximum absolute atomic E-state index is 13.0. The molecule has 0 fully saturated rings. The van der Waals surface area contributed by atoms with E-state index in [9.17, 15) is 23.1 Å². The first-order valence-corrected chi connectivity index (χ1v) is 8.06. The molecule has 3 aromatic rings. The molecule has 0 bridgehead atoms. The molecule has 0 saturated heterocycles. The van der Waals surface area contributed by atoms with Gasteiger partial charge >= 0.3 is 12.1 Å². The summed E-state index contributed by atoms with van der Waals surface area (Å²) in [4.78, 5) is 11.4. The number of carbonyl (C=O) groups is 1. The van der Waals surface area contributed by atoms with Crippen LogP contribution < -0.4 is 4.74 Å². The lowest BCUT2D eigenvalue weighted by Crippen LogP contribution is -2.08. The lowest BCUT2D eigenvalue weighted by molar-refractivity contribution is -0.137. The predicted molar refractivity (Wildman–Crippen MR) is 94.6 cm³/mol. The molecule has 0 aliphatic carbocycles. The van der Waals surface area contributed by atoms with Gasteiger partial charge in [0.15, 0.2) is 0 Å². The fraction of sp³-hybridized carbons (Fsp3) is 0.0952. The third-order valence-electron chi connectivity index (χ3n) is 3.97. The number of alkyl halides is 3. The first kappa shape index (κ1) is 18.5. The monoisotopic (exact) mass is 372 g/mol. The van der Waals surface area contributed by atoms with Crippen LogP contribution in [0.25, 0.3) is 11.1 Å². The summed E-state index contributed by atoms with van der Waals surface area (Å²) in [5.41, 5.74) is 0.154. The van der Waals surface area contributed by atoms with Crippen LogP contribution in [0, 0.1) is 0 Å². The van der Waals surface area contributed by atoms with Crippen LogP contribution in [0.3, 0.4) is 0 Å². The summed E-state index contributed by atoms with van der Waals surface area (Å²) in [7, 11) is 0. The third-order valence-corrected chi connectivity index (χ3v) is 3.97. The van der Waals surface area contributed by atoms with Gasteiger partial charge in [-0.15, -0.1) is 0 Å². The van der Waals surface area contributed by atoms with Crippen LogP contribution in [-0.2, 0) is 12.8 Å². The van der Waals surface area contributed by atoms with Gasteiger partial charge in [0.25, 0.3) is 0 Å². The van der Waals surface area contributed by atoms with Crippen LogP contribution in [0.4, 0.5) is 13.2 Å². The summed E-state index contributed by atoms with van der Waals surface area (Å²) in [5.74, 6) is -0.862. The van der Waals surface area contributed by atoms with Crippen molar-refractivity contribution < 1.29 is 27.8 Å². The highest BCUT2D eigenvalue weighted by atomic mass is 19.4. The summed E-state index contributed by atoms with van der Waals surface area (Å²) in [6.45, 7) is 0.290. The molecule has 0 spiro atoms. The van der Waals surface area contributed by atoms with Gasteiger partial charge in [0.2, 0.25) is 0 Å². The number of rotatable bonds is 5. The number of hydrogen-bond donors (Lipinski definition) is 1. The van der Waals surface area contributed by atoms with Crippen molar-refractivity contribution in [1.29, 1.82) is 0 Å². The largest absolute Gasteiger partial charge is 0.489 e. The Hall–Kier alpha value is -3.28. The van der Waals surface area contributed by atoms with Gasteiger partial charge in [0.05, 0.1) is 11.1 Å². The average molecular weight is 372 g/mol. The summed E-state index contributed by atoms with van der Waals surface area (Å²) in [6.07, 6.45) is -4.56. The topological polar surface area (TPSA) is 46.5 Å². The standard InChI is InChI=1S/C21H15F3O3/c22-21(23,24)16-9-10-18(20(25)26)19(12-16)15-7-4-8-17(11-15)27-13-14-5-2-1-3-6-14/h1-12H,13H2,(H,25,26). The Morgan fingerprint density at radius 2 is 1.67 bits per heavy atom. The fourth-order valence-corrected chi connectivity index (χ4v) is 2.64. The highest BCUT2D eigenvalue weighted by Gasteiger charge is 2.31. The lowest BCUT2D eigenvalue weighted by atomic mass is 9.97. The zero-order valence-corrected chi connectivity index (χ0v) is 14.0. The highest BCUT2D eigenvalue weighted by Crippen LogP contribution is 2.35. The van der Waals surface area contributed by atoms with Gasteiger partial charge < -0.3 is 9.84 Å². The number of aromatic carboxylic acids is 1. The first-order valence-electron chi connectivity index (χ1n) is 8.06. The van der Waals surface area contributed by atoms with E-state index in [0.29, 0.717) is 17.9 Å². The van der Waals surface area contributed by atoms with Crippen molar-refractivity contribution in [1.82, 2.24) is 0 Å². The van der Waals surface area contributed by atoms with Gasteiger partial charge in [-0.1, -0.05) is 42.5 Å². The fourth-order valence-electron chi connectivity index (χ4n) is 2.64. The SMILES string of the molecule is O=C(O)c1ccc(C(F)(F)F)cc1-c1cccc(OCc2ccccc2)c1. The first-order chi connectivity index (χ1) is 12.8. The van der Waals surface area contributed by atoms with Crippen LogP contribution >= 0.6 is 0 Å². The molecule has 0 radical (unpaired) electrons. The summed E-state index contributed by atoms with van der Waals surface area (Å²) >= 11 is 0. The maximum Gasteiger partial charge on any atom is 0.416 e. The summed E-state index contributed by atoms with van der Waals surface area (Å²) in [6, 6.07) is 18.3. The smallest absolute Gasteiger partial charge is 0.416 e. The number of benzene rings is 3. The Morgan fingerprint density at radius 1 is 0.926 bits per heavy atom. The summed E-state index contributed by atoms with van der Waals surface area (Å²) < 4.78 is 44.8. The minimum Gasteiger partial charge on any atom is -0.489 e. The normalized spacial score (nSPS) is 11.2. The van der Waals surface area contributed by atoms with Gasteiger partial charge in [-0.05, 0) is 47.0 Å². The number of carboxylic acids is 1. The Bertz CT molecular complexity index is 950. The predicted octanol–water partition coefficient (Wildman–Crippen LogP) is 5.65. The molecule has 0 aromatic heterocycles. The molecule has 0 heterocycles. The van der Waals surface area contributed by atoms with Crippen LogP contribution in [-0.4, -0.2) is 11.1 Å². The molecular weight excluding hydrogens is 357 g/mol. The van der Waals surface area contributed by atoms with Crippen molar-refractivity contribution in [3.8, 4) is 16.9 Å². The Morgan fingerprint density at radius 3 is 2.33 bits per heavy atom. The van der Waals surface area contributed by atoms with E-state index in [1.807, 2.05) is 30.3 Å². The Balaban J connectivity index is 1.95. The quantitative estimate of drug-likeness (QED) is 0.630. The molecule has 0 saturated carbocycles.